The number of halogens is 1. The Morgan fingerprint density at radius 2 is 1.81 bits per heavy atom. The third-order valence-corrected chi connectivity index (χ3v) is 5.00. The SMILES string of the molecule is CC[C@H](NC(=O)[C@@H](C)Oc1ccc(F)cc1)c1ccc2c(c1)CCCC2. The Labute approximate surface area is 154 Å². The number of hydrogen-bond acceptors (Lipinski definition) is 2. The topological polar surface area (TPSA) is 38.3 Å². The molecular formula is C22H26FNO2. The third-order valence-electron chi connectivity index (χ3n) is 5.00. The van der Waals surface area contributed by atoms with Crippen LogP contribution in [0.5, 0.6) is 5.75 Å². The number of carbonyl (C=O) groups is 1. The number of fused-ring (bicyclic) bond motifs is 1. The second kappa shape index (κ2) is 8.35. The summed E-state index contributed by atoms with van der Waals surface area (Å²) >= 11 is 0. The summed E-state index contributed by atoms with van der Waals surface area (Å²) < 4.78 is 18.6. The Hall–Kier alpha value is -2.36. The lowest BCUT2D eigenvalue weighted by molar-refractivity contribution is -0.128. The summed E-state index contributed by atoms with van der Waals surface area (Å²) in [4.78, 5) is 12.5. The zero-order chi connectivity index (χ0) is 18.5. The molecule has 1 N–H and O–H groups in total. The highest BCUT2D eigenvalue weighted by atomic mass is 19.1. The van der Waals surface area contributed by atoms with Crippen molar-refractivity contribution in [2.24, 2.45) is 0 Å². The molecule has 2 atom stereocenters. The third kappa shape index (κ3) is 4.43. The van der Waals surface area contributed by atoms with Gasteiger partial charge in [-0.2, -0.15) is 0 Å². The number of carbonyl (C=O) groups excluding carboxylic acids is 1. The number of amides is 1. The molecule has 2 aromatic rings. The van der Waals surface area contributed by atoms with Crippen molar-refractivity contribution in [3.05, 3.63) is 65.0 Å². The number of ether oxygens (including phenoxy) is 1. The smallest absolute Gasteiger partial charge is 0.261 e. The molecule has 138 valence electrons. The molecule has 0 saturated carbocycles. The van der Waals surface area contributed by atoms with E-state index in [0.29, 0.717) is 5.75 Å². The van der Waals surface area contributed by atoms with Gasteiger partial charge in [-0.1, -0.05) is 25.1 Å². The highest BCUT2D eigenvalue weighted by Crippen LogP contribution is 2.26. The molecule has 0 radical (unpaired) electrons. The van der Waals surface area contributed by atoms with Gasteiger partial charge in [-0.05, 0) is 80.0 Å². The maximum atomic E-state index is 13.0. The van der Waals surface area contributed by atoms with Crippen LogP contribution in [-0.2, 0) is 17.6 Å². The zero-order valence-corrected chi connectivity index (χ0v) is 15.4. The summed E-state index contributed by atoms with van der Waals surface area (Å²) in [5.74, 6) is -0.0114. The molecule has 0 aliphatic heterocycles. The molecule has 2 aromatic carbocycles. The molecule has 0 heterocycles. The van der Waals surface area contributed by atoms with Gasteiger partial charge in [0.1, 0.15) is 11.6 Å². The van der Waals surface area contributed by atoms with Crippen molar-refractivity contribution in [2.45, 2.75) is 58.1 Å². The van der Waals surface area contributed by atoms with Crippen LogP contribution >= 0.6 is 0 Å². The first-order valence-corrected chi connectivity index (χ1v) is 9.41. The maximum absolute atomic E-state index is 13.0. The van der Waals surface area contributed by atoms with Gasteiger partial charge < -0.3 is 10.1 Å². The summed E-state index contributed by atoms with van der Waals surface area (Å²) in [5, 5.41) is 3.08. The first kappa shape index (κ1) is 18.4. The lowest BCUT2D eigenvalue weighted by atomic mass is 9.89. The van der Waals surface area contributed by atoms with Gasteiger partial charge in [0.05, 0.1) is 6.04 Å². The summed E-state index contributed by atoms with van der Waals surface area (Å²) in [6.45, 7) is 3.77. The fourth-order valence-corrected chi connectivity index (χ4v) is 3.45. The average Bonchev–Trinajstić information content (AvgIpc) is 2.67. The fourth-order valence-electron chi connectivity index (χ4n) is 3.45. The Morgan fingerprint density at radius 3 is 2.50 bits per heavy atom. The molecule has 0 bridgehead atoms. The van der Waals surface area contributed by atoms with Crippen molar-refractivity contribution in [2.75, 3.05) is 0 Å². The Balaban J connectivity index is 1.65. The van der Waals surface area contributed by atoms with Gasteiger partial charge in [-0.25, -0.2) is 4.39 Å². The van der Waals surface area contributed by atoms with Gasteiger partial charge in [0.25, 0.3) is 5.91 Å². The molecule has 3 rings (SSSR count). The molecule has 1 aliphatic rings. The molecule has 0 spiro atoms. The van der Waals surface area contributed by atoms with Crippen LogP contribution in [0.15, 0.2) is 42.5 Å². The minimum absolute atomic E-state index is 0.0333. The van der Waals surface area contributed by atoms with Gasteiger partial charge in [-0.15, -0.1) is 0 Å². The monoisotopic (exact) mass is 355 g/mol. The lowest BCUT2D eigenvalue weighted by Crippen LogP contribution is -2.38. The van der Waals surface area contributed by atoms with E-state index >= 15 is 0 Å². The van der Waals surface area contributed by atoms with Crippen molar-refractivity contribution in [3.63, 3.8) is 0 Å². The van der Waals surface area contributed by atoms with Crippen LogP contribution in [0, 0.1) is 5.82 Å². The Kier molecular flexibility index (Phi) is 5.92. The van der Waals surface area contributed by atoms with Crippen molar-refractivity contribution in [3.8, 4) is 5.75 Å². The van der Waals surface area contributed by atoms with Crippen LogP contribution in [-0.4, -0.2) is 12.0 Å². The molecule has 0 aromatic heterocycles. The first-order chi connectivity index (χ1) is 12.6. The predicted molar refractivity (Wildman–Crippen MR) is 101 cm³/mol. The van der Waals surface area contributed by atoms with Crippen LogP contribution in [0.3, 0.4) is 0 Å². The van der Waals surface area contributed by atoms with Crippen molar-refractivity contribution in [1.29, 1.82) is 0 Å². The lowest BCUT2D eigenvalue weighted by Gasteiger charge is -2.23. The second-order valence-electron chi connectivity index (χ2n) is 6.92. The van der Waals surface area contributed by atoms with E-state index in [2.05, 4.69) is 30.4 Å². The molecule has 1 amide bonds. The van der Waals surface area contributed by atoms with E-state index in [1.54, 1.807) is 6.92 Å². The number of aryl methyl sites for hydroxylation is 2. The minimum Gasteiger partial charge on any atom is -0.481 e. The number of nitrogens with one attached hydrogen (secondary N) is 1. The highest BCUT2D eigenvalue weighted by molar-refractivity contribution is 5.81. The van der Waals surface area contributed by atoms with Crippen molar-refractivity contribution < 1.29 is 13.9 Å². The van der Waals surface area contributed by atoms with Gasteiger partial charge in [0.15, 0.2) is 6.10 Å². The van der Waals surface area contributed by atoms with Gasteiger partial charge in [0.2, 0.25) is 0 Å². The molecular weight excluding hydrogens is 329 g/mol. The molecule has 4 heteroatoms. The molecule has 3 nitrogen and oxygen atoms in total. The van der Waals surface area contributed by atoms with E-state index in [-0.39, 0.29) is 17.8 Å². The zero-order valence-electron chi connectivity index (χ0n) is 15.4. The number of benzene rings is 2. The Bertz CT molecular complexity index is 757. The van der Waals surface area contributed by atoms with E-state index in [1.807, 2.05) is 0 Å². The van der Waals surface area contributed by atoms with Gasteiger partial charge in [-0.3, -0.25) is 4.79 Å². The molecule has 26 heavy (non-hydrogen) atoms. The van der Waals surface area contributed by atoms with Crippen LogP contribution < -0.4 is 10.1 Å². The van der Waals surface area contributed by atoms with Crippen molar-refractivity contribution in [1.82, 2.24) is 5.32 Å². The molecule has 0 saturated heterocycles. The quantitative estimate of drug-likeness (QED) is 0.813. The summed E-state index contributed by atoms with van der Waals surface area (Å²) in [6, 6.07) is 12.2. The van der Waals surface area contributed by atoms with Gasteiger partial charge >= 0.3 is 0 Å². The number of hydrogen-bond donors (Lipinski definition) is 1. The molecule has 1 aliphatic carbocycles. The summed E-state index contributed by atoms with van der Waals surface area (Å²) in [5.41, 5.74) is 4.00. The van der Waals surface area contributed by atoms with E-state index in [4.69, 9.17) is 4.74 Å². The molecule has 0 unspecified atom stereocenters. The van der Waals surface area contributed by atoms with E-state index in [1.165, 1.54) is 48.2 Å². The van der Waals surface area contributed by atoms with Crippen LogP contribution in [0.25, 0.3) is 0 Å². The van der Waals surface area contributed by atoms with Crippen LogP contribution in [0.4, 0.5) is 4.39 Å². The predicted octanol–water partition coefficient (Wildman–Crippen LogP) is 4.74. The minimum atomic E-state index is -0.646. The second-order valence-corrected chi connectivity index (χ2v) is 6.92. The average molecular weight is 355 g/mol. The summed E-state index contributed by atoms with van der Waals surface area (Å²) in [6.07, 6.45) is 4.94. The normalized spacial score (nSPS) is 15.7. The molecule has 0 fully saturated rings. The van der Waals surface area contributed by atoms with Gasteiger partial charge in [0, 0.05) is 0 Å². The van der Waals surface area contributed by atoms with E-state index < -0.39 is 6.10 Å². The Morgan fingerprint density at radius 1 is 1.12 bits per heavy atom. The number of rotatable bonds is 6. The van der Waals surface area contributed by atoms with Crippen LogP contribution in [0.2, 0.25) is 0 Å². The highest BCUT2D eigenvalue weighted by Gasteiger charge is 2.20. The largest absolute Gasteiger partial charge is 0.481 e. The van der Waals surface area contributed by atoms with Crippen LogP contribution in [0.1, 0.15) is 55.8 Å². The standard InChI is InChI=1S/C22H26FNO2/c1-3-21(18-9-8-16-6-4-5-7-17(16)14-18)24-22(25)15(2)26-20-12-10-19(23)11-13-20/h8-15,21H,3-7H2,1-2H3,(H,24,25)/t15-,21+/m1/s1. The van der Waals surface area contributed by atoms with Crippen molar-refractivity contribution >= 4 is 5.91 Å². The van der Waals surface area contributed by atoms with E-state index in [0.717, 1.165) is 24.8 Å². The fraction of sp³-hybridized carbons (Fsp3) is 0.409. The summed E-state index contributed by atoms with van der Waals surface area (Å²) in [7, 11) is 0. The van der Waals surface area contributed by atoms with E-state index in [9.17, 15) is 9.18 Å². The first-order valence-electron chi connectivity index (χ1n) is 9.41. The maximum Gasteiger partial charge on any atom is 0.261 e.